The molecule has 1 fully saturated rings. The average molecular weight is 411 g/mol. The van der Waals surface area contributed by atoms with Gasteiger partial charge in [-0.2, -0.15) is 0 Å². The van der Waals surface area contributed by atoms with Gasteiger partial charge in [-0.15, -0.1) is 0 Å². The number of amides is 3. The Hall–Kier alpha value is -3.22. The molecule has 0 bridgehead atoms. The molecule has 1 aliphatic heterocycles. The monoisotopic (exact) mass is 411 g/mol. The van der Waals surface area contributed by atoms with Crippen LogP contribution >= 0.6 is 0 Å². The summed E-state index contributed by atoms with van der Waals surface area (Å²) in [4.78, 5) is 38.7. The summed E-state index contributed by atoms with van der Waals surface area (Å²) in [6.45, 7) is 3.67. The van der Waals surface area contributed by atoms with Crippen LogP contribution in [0.2, 0.25) is 0 Å². The van der Waals surface area contributed by atoms with Gasteiger partial charge in [-0.3, -0.25) is 14.4 Å². The molecule has 0 saturated carbocycles. The van der Waals surface area contributed by atoms with E-state index in [1.807, 2.05) is 31.2 Å². The minimum absolute atomic E-state index is 0.00244. The molecule has 30 heavy (non-hydrogen) atoms. The number of likely N-dealkylation sites (tertiary alicyclic amines) is 1. The summed E-state index contributed by atoms with van der Waals surface area (Å²) in [6, 6.07) is 12.8. The molecule has 0 spiro atoms. The van der Waals surface area contributed by atoms with Crippen molar-refractivity contribution in [3.05, 3.63) is 71.0 Å². The fourth-order valence-electron chi connectivity index (χ4n) is 3.43. The van der Waals surface area contributed by atoms with Crippen LogP contribution < -0.4 is 10.6 Å². The molecule has 1 aliphatic rings. The number of piperidine rings is 1. The molecule has 158 valence electrons. The minimum atomic E-state index is -0.398. The normalized spacial score (nSPS) is 14.3. The molecule has 0 unspecified atom stereocenters. The number of hydrogen-bond acceptors (Lipinski definition) is 3. The van der Waals surface area contributed by atoms with E-state index in [1.165, 1.54) is 24.3 Å². The molecule has 1 heterocycles. The van der Waals surface area contributed by atoms with E-state index in [2.05, 4.69) is 10.6 Å². The van der Waals surface area contributed by atoms with Gasteiger partial charge in [0.15, 0.2) is 0 Å². The van der Waals surface area contributed by atoms with E-state index in [0.717, 1.165) is 5.56 Å². The maximum atomic E-state index is 12.9. The summed E-state index contributed by atoms with van der Waals surface area (Å²) in [5.74, 6) is -0.914. The van der Waals surface area contributed by atoms with Gasteiger partial charge in [0.1, 0.15) is 5.82 Å². The minimum Gasteiger partial charge on any atom is -0.354 e. The first-order valence-corrected chi connectivity index (χ1v) is 10.1. The molecule has 2 aromatic rings. The highest BCUT2D eigenvalue weighted by Crippen LogP contribution is 2.19. The Kier molecular flexibility index (Phi) is 7.17. The van der Waals surface area contributed by atoms with Gasteiger partial charge in [-0.25, -0.2) is 4.39 Å². The molecule has 0 radical (unpaired) electrons. The number of nitrogens with zero attached hydrogens (tertiary/aromatic N) is 1. The lowest BCUT2D eigenvalue weighted by Crippen LogP contribution is -2.44. The van der Waals surface area contributed by atoms with Crippen LogP contribution in [-0.2, 0) is 4.79 Å². The van der Waals surface area contributed by atoms with Crippen LogP contribution in [0.15, 0.2) is 48.5 Å². The number of benzene rings is 2. The van der Waals surface area contributed by atoms with Crippen molar-refractivity contribution in [2.24, 2.45) is 5.92 Å². The summed E-state index contributed by atoms with van der Waals surface area (Å²) in [5, 5.41) is 5.52. The van der Waals surface area contributed by atoms with Crippen LogP contribution in [0.25, 0.3) is 0 Å². The van der Waals surface area contributed by atoms with Gasteiger partial charge in [0.25, 0.3) is 11.8 Å². The smallest absolute Gasteiger partial charge is 0.253 e. The zero-order valence-corrected chi connectivity index (χ0v) is 17.0. The predicted molar refractivity (Wildman–Crippen MR) is 112 cm³/mol. The zero-order valence-electron chi connectivity index (χ0n) is 17.0. The largest absolute Gasteiger partial charge is 0.354 e. The SMILES string of the molecule is Cc1ccc(C(=O)N2CCC(C(=O)NCCNC(=O)c3ccc(F)cc3)CC2)cc1. The van der Waals surface area contributed by atoms with E-state index in [1.54, 1.807) is 4.90 Å². The lowest BCUT2D eigenvalue weighted by molar-refractivity contribution is -0.126. The number of halogens is 1. The molecule has 1 saturated heterocycles. The maximum Gasteiger partial charge on any atom is 0.253 e. The van der Waals surface area contributed by atoms with Gasteiger partial charge in [-0.1, -0.05) is 17.7 Å². The number of aryl methyl sites for hydroxylation is 1. The molecule has 2 N–H and O–H groups in total. The summed E-state index contributed by atoms with van der Waals surface area (Å²) in [7, 11) is 0. The molecule has 6 nitrogen and oxygen atoms in total. The Morgan fingerprint density at radius 1 is 0.900 bits per heavy atom. The van der Waals surface area contributed by atoms with E-state index >= 15 is 0 Å². The van der Waals surface area contributed by atoms with Crippen LogP contribution in [0.3, 0.4) is 0 Å². The predicted octanol–water partition coefficient (Wildman–Crippen LogP) is 2.53. The Bertz CT molecular complexity index is 889. The van der Waals surface area contributed by atoms with E-state index < -0.39 is 5.82 Å². The first-order chi connectivity index (χ1) is 14.4. The second-order valence-electron chi connectivity index (χ2n) is 7.49. The van der Waals surface area contributed by atoms with Crippen molar-refractivity contribution in [1.29, 1.82) is 0 Å². The molecule has 3 rings (SSSR count). The van der Waals surface area contributed by atoms with E-state index in [9.17, 15) is 18.8 Å². The molecule has 0 aliphatic carbocycles. The molecular weight excluding hydrogens is 385 g/mol. The van der Waals surface area contributed by atoms with Gasteiger partial charge in [0.2, 0.25) is 5.91 Å². The topological polar surface area (TPSA) is 78.5 Å². The second kappa shape index (κ2) is 10.0. The first-order valence-electron chi connectivity index (χ1n) is 10.1. The Labute approximate surface area is 175 Å². The number of carbonyl (C=O) groups excluding carboxylic acids is 3. The van der Waals surface area contributed by atoms with Crippen LogP contribution in [0.4, 0.5) is 4.39 Å². The number of carbonyl (C=O) groups is 3. The number of rotatable bonds is 6. The van der Waals surface area contributed by atoms with E-state index in [4.69, 9.17) is 0 Å². The summed E-state index contributed by atoms with van der Waals surface area (Å²) in [6.07, 6.45) is 1.23. The Balaban J connectivity index is 1.37. The molecule has 2 aromatic carbocycles. The van der Waals surface area contributed by atoms with Gasteiger partial charge >= 0.3 is 0 Å². The third-order valence-electron chi connectivity index (χ3n) is 5.27. The average Bonchev–Trinajstić information content (AvgIpc) is 2.77. The number of nitrogens with one attached hydrogen (secondary N) is 2. The third kappa shape index (κ3) is 5.65. The zero-order chi connectivity index (χ0) is 21.5. The van der Waals surface area contributed by atoms with Crippen LogP contribution in [0, 0.1) is 18.7 Å². The molecule has 0 aromatic heterocycles. The Morgan fingerprint density at radius 2 is 1.47 bits per heavy atom. The first kappa shape index (κ1) is 21.5. The molecule has 0 atom stereocenters. The highest BCUT2D eigenvalue weighted by molar-refractivity contribution is 5.95. The fraction of sp³-hybridized carbons (Fsp3) is 0.348. The van der Waals surface area contributed by atoms with Gasteiger partial charge in [0, 0.05) is 43.2 Å². The molecule has 3 amide bonds. The van der Waals surface area contributed by atoms with Crippen molar-refractivity contribution in [1.82, 2.24) is 15.5 Å². The lowest BCUT2D eigenvalue weighted by Gasteiger charge is -2.31. The maximum absolute atomic E-state index is 12.9. The highest BCUT2D eigenvalue weighted by Gasteiger charge is 2.27. The fourth-order valence-corrected chi connectivity index (χ4v) is 3.43. The summed E-state index contributed by atoms with van der Waals surface area (Å²) >= 11 is 0. The van der Waals surface area contributed by atoms with Gasteiger partial charge in [-0.05, 0) is 56.2 Å². The van der Waals surface area contributed by atoms with Crippen molar-refractivity contribution in [2.45, 2.75) is 19.8 Å². The third-order valence-corrected chi connectivity index (χ3v) is 5.27. The lowest BCUT2D eigenvalue weighted by atomic mass is 9.95. The van der Waals surface area contributed by atoms with Crippen molar-refractivity contribution in [3.8, 4) is 0 Å². The van der Waals surface area contributed by atoms with E-state index in [-0.39, 0.29) is 30.2 Å². The van der Waals surface area contributed by atoms with E-state index in [0.29, 0.717) is 43.6 Å². The quantitative estimate of drug-likeness (QED) is 0.717. The summed E-state index contributed by atoms with van der Waals surface area (Å²) in [5.41, 5.74) is 2.14. The van der Waals surface area contributed by atoms with Crippen molar-refractivity contribution >= 4 is 17.7 Å². The standard InChI is InChI=1S/C23H26FN3O3/c1-16-2-4-19(5-3-16)23(30)27-14-10-18(11-15-27)22(29)26-13-12-25-21(28)17-6-8-20(24)9-7-17/h2-9,18H,10-15H2,1H3,(H,25,28)(H,26,29). The van der Waals surface area contributed by atoms with Gasteiger partial charge in [0.05, 0.1) is 0 Å². The summed E-state index contributed by atoms with van der Waals surface area (Å²) < 4.78 is 12.9. The highest BCUT2D eigenvalue weighted by atomic mass is 19.1. The van der Waals surface area contributed by atoms with Crippen molar-refractivity contribution in [2.75, 3.05) is 26.2 Å². The molecular formula is C23H26FN3O3. The van der Waals surface area contributed by atoms with Crippen LogP contribution in [0.5, 0.6) is 0 Å². The Morgan fingerprint density at radius 3 is 2.10 bits per heavy atom. The van der Waals surface area contributed by atoms with Crippen molar-refractivity contribution in [3.63, 3.8) is 0 Å². The second-order valence-corrected chi connectivity index (χ2v) is 7.49. The van der Waals surface area contributed by atoms with Gasteiger partial charge < -0.3 is 15.5 Å². The van der Waals surface area contributed by atoms with Crippen LogP contribution in [0.1, 0.15) is 39.1 Å². The van der Waals surface area contributed by atoms with Crippen LogP contribution in [-0.4, -0.2) is 48.8 Å². The molecule has 7 heteroatoms. The number of hydrogen-bond donors (Lipinski definition) is 2. The van der Waals surface area contributed by atoms with Crippen molar-refractivity contribution < 1.29 is 18.8 Å².